The quantitative estimate of drug-likeness (QED) is 0.864. The van der Waals surface area contributed by atoms with E-state index in [2.05, 4.69) is 29.2 Å². The maximum absolute atomic E-state index is 9.72. The lowest BCUT2D eigenvalue weighted by Gasteiger charge is -2.32. The Hall–Kier alpha value is -0.860. The first-order chi connectivity index (χ1) is 8.40. The first-order valence-corrected chi connectivity index (χ1v) is 6.81. The summed E-state index contributed by atoms with van der Waals surface area (Å²) >= 11 is 0. The van der Waals surface area contributed by atoms with E-state index in [-0.39, 0.29) is 12.6 Å². The SMILES string of the molecule is OC[C@H](c1ccccc1)N1CC[C@H]2CCC[C@H]21. The molecule has 3 rings (SSSR count). The molecule has 92 valence electrons. The second-order valence-electron chi connectivity index (χ2n) is 5.39. The highest BCUT2D eigenvalue weighted by atomic mass is 16.3. The number of aliphatic hydroxyl groups excluding tert-OH is 1. The minimum absolute atomic E-state index is 0.212. The van der Waals surface area contributed by atoms with Crippen molar-refractivity contribution in [1.82, 2.24) is 4.90 Å². The van der Waals surface area contributed by atoms with Gasteiger partial charge in [-0.15, -0.1) is 0 Å². The van der Waals surface area contributed by atoms with E-state index in [0.717, 1.165) is 18.5 Å². The molecule has 1 aliphatic heterocycles. The average Bonchev–Trinajstić information content (AvgIpc) is 2.96. The molecule has 1 heterocycles. The summed E-state index contributed by atoms with van der Waals surface area (Å²) in [4.78, 5) is 2.55. The van der Waals surface area contributed by atoms with Crippen molar-refractivity contribution in [2.24, 2.45) is 5.92 Å². The fraction of sp³-hybridized carbons (Fsp3) is 0.600. The summed E-state index contributed by atoms with van der Waals surface area (Å²) in [6.07, 6.45) is 5.43. The van der Waals surface area contributed by atoms with Crippen LogP contribution in [0.25, 0.3) is 0 Å². The van der Waals surface area contributed by atoms with Crippen LogP contribution in [0.5, 0.6) is 0 Å². The van der Waals surface area contributed by atoms with Crippen molar-refractivity contribution >= 4 is 0 Å². The molecule has 0 radical (unpaired) electrons. The van der Waals surface area contributed by atoms with E-state index >= 15 is 0 Å². The van der Waals surface area contributed by atoms with Gasteiger partial charge in [-0.3, -0.25) is 4.90 Å². The highest BCUT2D eigenvalue weighted by Gasteiger charge is 2.40. The molecule has 2 fully saturated rings. The zero-order valence-electron chi connectivity index (χ0n) is 10.3. The van der Waals surface area contributed by atoms with E-state index in [1.807, 2.05) is 6.07 Å². The lowest BCUT2D eigenvalue weighted by Crippen LogP contribution is -2.35. The van der Waals surface area contributed by atoms with Crippen molar-refractivity contribution in [3.05, 3.63) is 35.9 Å². The van der Waals surface area contributed by atoms with E-state index in [1.54, 1.807) is 0 Å². The lowest BCUT2D eigenvalue weighted by atomic mass is 10.0. The van der Waals surface area contributed by atoms with Gasteiger partial charge in [0.05, 0.1) is 12.6 Å². The molecule has 1 aliphatic carbocycles. The number of fused-ring (bicyclic) bond motifs is 1. The Bertz CT molecular complexity index is 364. The third-order valence-electron chi connectivity index (χ3n) is 4.56. The highest BCUT2D eigenvalue weighted by molar-refractivity contribution is 5.20. The van der Waals surface area contributed by atoms with E-state index in [4.69, 9.17) is 0 Å². The molecule has 2 heteroatoms. The van der Waals surface area contributed by atoms with Crippen LogP contribution in [0.3, 0.4) is 0 Å². The summed E-state index contributed by atoms with van der Waals surface area (Å²) in [6, 6.07) is 11.4. The third kappa shape index (κ3) is 2.00. The molecule has 0 amide bonds. The molecule has 2 nitrogen and oxygen atoms in total. The third-order valence-corrected chi connectivity index (χ3v) is 4.56. The molecule has 0 unspecified atom stereocenters. The molecule has 0 spiro atoms. The average molecular weight is 231 g/mol. The molecule has 1 saturated heterocycles. The number of nitrogens with zero attached hydrogens (tertiary/aromatic N) is 1. The number of hydrogen-bond acceptors (Lipinski definition) is 2. The minimum Gasteiger partial charge on any atom is -0.394 e. The van der Waals surface area contributed by atoms with E-state index in [9.17, 15) is 5.11 Å². The van der Waals surface area contributed by atoms with Crippen LogP contribution in [-0.2, 0) is 0 Å². The fourth-order valence-electron chi connectivity index (χ4n) is 3.74. The van der Waals surface area contributed by atoms with Crippen LogP contribution in [-0.4, -0.2) is 29.2 Å². The first kappa shape index (κ1) is 11.2. The number of benzene rings is 1. The lowest BCUT2D eigenvalue weighted by molar-refractivity contribution is 0.107. The van der Waals surface area contributed by atoms with E-state index in [0.29, 0.717) is 0 Å². The van der Waals surface area contributed by atoms with Crippen LogP contribution in [0.15, 0.2) is 30.3 Å². The maximum Gasteiger partial charge on any atom is 0.0628 e. The Morgan fingerprint density at radius 3 is 2.76 bits per heavy atom. The highest BCUT2D eigenvalue weighted by Crippen LogP contribution is 2.41. The van der Waals surface area contributed by atoms with Crippen molar-refractivity contribution in [3.8, 4) is 0 Å². The molecule has 17 heavy (non-hydrogen) atoms. The van der Waals surface area contributed by atoms with Crippen molar-refractivity contribution in [1.29, 1.82) is 0 Å². The maximum atomic E-state index is 9.72. The molecule has 3 atom stereocenters. The van der Waals surface area contributed by atoms with Crippen LogP contribution in [0.1, 0.15) is 37.3 Å². The largest absolute Gasteiger partial charge is 0.394 e. The Kier molecular flexibility index (Phi) is 3.17. The predicted molar refractivity (Wildman–Crippen MR) is 68.7 cm³/mol. The molecular formula is C15H21NO. The molecular weight excluding hydrogens is 210 g/mol. The van der Waals surface area contributed by atoms with Gasteiger partial charge in [-0.25, -0.2) is 0 Å². The van der Waals surface area contributed by atoms with E-state index in [1.165, 1.54) is 31.2 Å². The standard InChI is InChI=1S/C15H21NO/c17-11-15(12-5-2-1-3-6-12)16-10-9-13-7-4-8-14(13)16/h1-3,5-6,13-15,17H,4,7-11H2/t13-,14-,15-/m1/s1. The van der Waals surface area contributed by atoms with Crippen molar-refractivity contribution in [2.75, 3.05) is 13.2 Å². The Balaban J connectivity index is 1.82. The smallest absolute Gasteiger partial charge is 0.0628 e. The fourth-order valence-corrected chi connectivity index (χ4v) is 3.74. The van der Waals surface area contributed by atoms with Crippen molar-refractivity contribution in [3.63, 3.8) is 0 Å². The van der Waals surface area contributed by atoms with Gasteiger partial charge in [0, 0.05) is 6.04 Å². The Morgan fingerprint density at radius 2 is 2.00 bits per heavy atom. The van der Waals surface area contributed by atoms with Gasteiger partial charge >= 0.3 is 0 Å². The minimum atomic E-state index is 0.212. The van der Waals surface area contributed by atoms with Gasteiger partial charge in [-0.1, -0.05) is 36.8 Å². The van der Waals surface area contributed by atoms with Crippen molar-refractivity contribution < 1.29 is 5.11 Å². The second-order valence-corrected chi connectivity index (χ2v) is 5.39. The zero-order valence-corrected chi connectivity index (χ0v) is 10.3. The van der Waals surface area contributed by atoms with Gasteiger partial charge in [0.2, 0.25) is 0 Å². The monoisotopic (exact) mass is 231 g/mol. The second kappa shape index (κ2) is 4.79. The summed E-state index contributed by atoms with van der Waals surface area (Å²) in [7, 11) is 0. The number of rotatable bonds is 3. The summed E-state index contributed by atoms with van der Waals surface area (Å²) in [6.45, 7) is 1.41. The van der Waals surface area contributed by atoms with Gasteiger partial charge < -0.3 is 5.11 Å². The van der Waals surface area contributed by atoms with Gasteiger partial charge in [0.1, 0.15) is 0 Å². The molecule has 1 aromatic rings. The summed E-state index contributed by atoms with van der Waals surface area (Å²) in [5, 5.41) is 9.72. The Morgan fingerprint density at radius 1 is 1.18 bits per heavy atom. The molecule has 0 aromatic heterocycles. The van der Waals surface area contributed by atoms with Crippen LogP contribution < -0.4 is 0 Å². The van der Waals surface area contributed by atoms with Gasteiger partial charge in [-0.05, 0) is 37.3 Å². The van der Waals surface area contributed by atoms with Crippen LogP contribution in [0, 0.1) is 5.92 Å². The summed E-state index contributed by atoms with van der Waals surface area (Å²) in [5.41, 5.74) is 1.27. The number of aliphatic hydroxyl groups is 1. The molecule has 1 N–H and O–H groups in total. The van der Waals surface area contributed by atoms with Gasteiger partial charge in [-0.2, -0.15) is 0 Å². The van der Waals surface area contributed by atoms with Crippen LogP contribution in [0.4, 0.5) is 0 Å². The summed E-state index contributed by atoms with van der Waals surface area (Å²) < 4.78 is 0. The van der Waals surface area contributed by atoms with Crippen molar-refractivity contribution in [2.45, 2.75) is 37.8 Å². The Labute approximate surface area is 103 Å². The van der Waals surface area contributed by atoms with Crippen LogP contribution >= 0.6 is 0 Å². The molecule has 1 saturated carbocycles. The molecule has 0 bridgehead atoms. The number of likely N-dealkylation sites (tertiary alicyclic amines) is 1. The van der Waals surface area contributed by atoms with E-state index < -0.39 is 0 Å². The zero-order chi connectivity index (χ0) is 11.7. The first-order valence-electron chi connectivity index (χ1n) is 6.81. The van der Waals surface area contributed by atoms with Crippen LogP contribution in [0.2, 0.25) is 0 Å². The molecule has 2 aliphatic rings. The van der Waals surface area contributed by atoms with Gasteiger partial charge in [0.15, 0.2) is 0 Å². The summed E-state index contributed by atoms with van der Waals surface area (Å²) in [5.74, 6) is 0.896. The predicted octanol–water partition coefficient (Wildman–Crippen LogP) is 2.59. The number of hydrogen-bond donors (Lipinski definition) is 1. The molecule has 1 aromatic carbocycles. The topological polar surface area (TPSA) is 23.5 Å². The normalized spacial score (nSPS) is 30.4. The van der Waals surface area contributed by atoms with Gasteiger partial charge in [0.25, 0.3) is 0 Å².